The molecule has 10 nitrogen and oxygen atoms in total. The van der Waals surface area contributed by atoms with Gasteiger partial charge in [0.2, 0.25) is 0 Å². The van der Waals surface area contributed by atoms with E-state index >= 15 is 0 Å². The Morgan fingerprint density at radius 3 is 1.43 bits per heavy atom. The van der Waals surface area contributed by atoms with Crippen molar-refractivity contribution in [1.29, 1.82) is 0 Å². The summed E-state index contributed by atoms with van der Waals surface area (Å²) in [6.45, 7) is 6.68. The van der Waals surface area contributed by atoms with Gasteiger partial charge in [0.05, 0.1) is 26.9 Å². The number of rotatable bonds is 8. The molecule has 0 spiro atoms. The molecule has 2 aliphatic carbocycles. The lowest BCUT2D eigenvalue weighted by Gasteiger charge is -2.15. The highest BCUT2D eigenvalue weighted by Crippen LogP contribution is 2.41. The van der Waals surface area contributed by atoms with E-state index in [2.05, 4.69) is 0 Å². The maximum absolute atomic E-state index is 13.3. The minimum Gasteiger partial charge on any atom is -0.393 e. The molecule has 4 aromatic carbocycles. The average Bonchev–Trinajstić information content (AvgIpc) is 3.98. The van der Waals surface area contributed by atoms with E-state index in [1.54, 1.807) is 72.8 Å². The fourth-order valence-corrected chi connectivity index (χ4v) is 10.9. The third kappa shape index (κ3) is 7.17. The molecule has 1 N–H and O–H groups in total. The monoisotopic (exact) mass is 792 g/mol. The van der Waals surface area contributed by atoms with Gasteiger partial charge in [-0.25, -0.2) is 24.8 Å². The summed E-state index contributed by atoms with van der Waals surface area (Å²) in [5.74, 6) is 0.0750. The number of ketones is 3. The zero-order valence-electron chi connectivity index (χ0n) is 31.7. The SMILES string of the molecule is CC(=O)c1ccc([C@@H]2CCC(=O)C2)c2ccn(S(=O)(=O)c3ccc(C)cc3)c12.CC(=O)c1ccc([C@@H]2CC[C@H](O)C2)c2ccn(S(=O)(=O)c3ccc(C)cc3)c12. The highest BCUT2D eigenvalue weighted by Gasteiger charge is 2.30. The van der Waals surface area contributed by atoms with Crippen molar-refractivity contribution in [2.75, 3.05) is 0 Å². The number of carbonyl (C=O) groups excluding carboxylic acids is 3. The van der Waals surface area contributed by atoms with Crippen LogP contribution in [0.25, 0.3) is 21.8 Å². The lowest BCUT2D eigenvalue weighted by Crippen LogP contribution is -2.14. The summed E-state index contributed by atoms with van der Waals surface area (Å²) in [7, 11) is -7.68. The lowest BCUT2D eigenvalue weighted by atomic mass is 9.92. The van der Waals surface area contributed by atoms with Crippen LogP contribution in [0, 0.1) is 13.8 Å². The van der Waals surface area contributed by atoms with Gasteiger partial charge in [0.15, 0.2) is 11.6 Å². The van der Waals surface area contributed by atoms with E-state index in [1.165, 1.54) is 34.2 Å². The Kier molecular flexibility index (Phi) is 10.5. The molecule has 0 radical (unpaired) electrons. The first-order chi connectivity index (χ1) is 26.6. The summed E-state index contributed by atoms with van der Waals surface area (Å²) in [5, 5.41) is 11.4. The van der Waals surface area contributed by atoms with Crippen LogP contribution in [-0.4, -0.2) is 53.3 Å². The normalized spacial score (nSPS) is 18.7. The fraction of sp³-hybridized carbons (Fsp3) is 0.295. The van der Waals surface area contributed by atoms with Crippen LogP contribution >= 0.6 is 0 Å². The topological polar surface area (TPSA) is 150 Å². The van der Waals surface area contributed by atoms with Crippen molar-refractivity contribution in [3.63, 3.8) is 0 Å². The maximum Gasteiger partial charge on any atom is 0.268 e. The molecule has 0 unspecified atom stereocenters. The summed E-state index contributed by atoms with van der Waals surface area (Å²) >= 11 is 0. The summed E-state index contributed by atoms with van der Waals surface area (Å²) in [5.41, 5.74) is 5.44. The summed E-state index contributed by atoms with van der Waals surface area (Å²) in [6.07, 6.45) is 6.72. The predicted octanol–water partition coefficient (Wildman–Crippen LogP) is 8.24. The molecule has 0 saturated heterocycles. The van der Waals surface area contributed by atoms with E-state index in [4.69, 9.17) is 0 Å². The second-order valence-corrected chi connectivity index (χ2v) is 18.7. The number of aromatic nitrogens is 2. The van der Waals surface area contributed by atoms with Crippen molar-refractivity contribution in [2.45, 2.75) is 94.0 Å². The Balaban J connectivity index is 0.000000172. The van der Waals surface area contributed by atoms with Gasteiger partial charge in [0.1, 0.15) is 5.78 Å². The zero-order valence-corrected chi connectivity index (χ0v) is 33.4. The Labute approximate surface area is 326 Å². The molecule has 0 amide bonds. The smallest absolute Gasteiger partial charge is 0.268 e. The lowest BCUT2D eigenvalue weighted by molar-refractivity contribution is -0.117. The number of aliphatic hydroxyl groups excluding tert-OH is 1. The Morgan fingerprint density at radius 1 is 0.607 bits per heavy atom. The molecule has 12 heteroatoms. The van der Waals surface area contributed by atoms with Gasteiger partial charge >= 0.3 is 0 Å². The Bertz CT molecular complexity index is 2740. The van der Waals surface area contributed by atoms with E-state index in [-0.39, 0.29) is 45.1 Å². The van der Waals surface area contributed by atoms with Crippen molar-refractivity contribution >= 4 is 59.2 Å². The van der Waals surface area contributed by atoms with E-state index in [1.807, 2.05) is 26.0 Å². The largest absolute Gasteiger partial charge is 0.393 e. The molecule has 2 aromatic heterocycles. The summed E-state index contributed by atoms with van der Waals surface area (Å²) in [4.78, 5) is 36.6. The number of carbonyl (C=O) groups is 3. The van der Waals surface area contributed by atoms with Crippen molar-refractivity contribution < 1.29 is 36.3 Å². The number of aliphatic hydroxyl groups is 1. The van der Waals surface area contributed by atoms with Crippen molar-refractivity contribution in [2.24, 2.45) is 0 Å². The third-order valence-corrected chi connectivity index (χ3v) is 14.5. The average molecular weight is 793 g/mol. The molecular weight excluding hydrogens is 749 g/mol. The number of nitrogens with zero attached hydrogens (tertiary/aromatic N) is 2. The minimum atomic E-state index is -3.85. The molecule has 8 rings (SSSR count). The second kappa shape index (κ2) is 15.1. The molecular formula is C44H44N2O8S2. The van der Waals surface area contributed by atoms with Gasteiger partial charge in [0.25, 0.3) is 20.0 Å². The van der Waals surface area contributed by atoms with Crippen LogP contribution in [0.4, 0.5) is 0 Å². The number of hydrogen-bond donors (Lipinski definition) is 1. The first-order valence-corrected chi connectivity index (χ1v) is 21.6. The molecule has 2 heterocycles. The van der Waals surface area contributed by atoms with E-state index in [0.29, 0.717) is 41.4 Å². The highest BCUT2D eigenvalue weighted by molar-refractivity contribution is 7.90. The third-order valence-electron chi connectivity index (χ3n) is 11.1. The van der Waals surface area contributed by atoms with E-state index < -0.39 is 20.0 Å². The van der Waals surface area contributed by atoms with Gasteiger partial charge in [-0.3, -0.25) is 14.4 Å². The van der Waals surface area contributed by atoms with Crippen LogP contribution in [0.3, 0.4) is 0 Å². The van der Waals surface area contributed by atoms with Crippen LogP contribution in [-0.2, 0) is 24.8 Å². The first kappa shape index (κ1) is 39.1. The highest BCUT2D eigenvalue weighted by atomic mass is 32.2. The first-order valence-electron chi connectivity index (χ1n) is 18.7. The molecule has 56 heavy (non-hydrogen) atoms. The fourth-order valence-electron chi connectivity index (χ4n) is 8.15. The molecule has 2 saturated carbocycles. The van der Waals surface area contributed by atoms with Gasteiger partial charge in [0, 0.05) is 47.1 Å². The minimum absolute atomic E-state index is 0.0638. The number of benzene rings is 4. The van der Waals surface area contributed by atoms with Crippen molar-refractivity contribution in [3.05, 3.63) is 131 Å². The van der Waals surface area contributed by atoms with Gasteiger partial charge in [-0.15, -0.1) is 0 Å². The van der Waals surface area contributed by atoms with Gasteiger partial charge in [-0.05, 0) is 125 Å². The quantitative estimate of drug-likeness (QED) is 0.152. The molecule has 0 aliphatic heterocycles. The number of Topliss-reactive ketones (excluding diaryl/α,β-unsaturated/α-hetero) is 3. The van der Waals surface area contributed by atoms with Gasteiger partial charge < -0.3 is 5.11 Å². The van der Waals surface area contributed by atoms with Crippen LogP contribution in [0.1, 0.15) is 107 Å². The Hall–Kier alpha value is -5.17. The molecule has 290 valence electrons. The predicted molar refractivity (Wildman–Crippen MR) is 216 cm³/mol. The van der Waals surface area contributed by atoms with E-state index in [0.717, 1.165) is 52.3 Å². The van der Waals surface area contributed by atoms with Crippen molar-refractivity contribution in [3.8, 4) is 0 Å². The maximum atomic E-state index is 13.3. The van der Waals surface area contributed by atoms with Gasteiger partial charge in [-0.2, -0.15) is 0 Å². The van der Waals surface area contributed by atoms with Crippen LogP contribution in [0.2, 0.25) is 0 Å². The van der Waals surface area contributed by atoms with Gasteiger partial charge in [-0.1, -0.05) is 47.5 Å². The molecule has 6 aromatic rings. The number of hydrogen-bond acceptors (Lipinski definition) is 8. The molecule has 2 fully saturated rings. The molecule has 2 aliphatic rings. The van der Waals surface area contributed by atoms with Crippen molar-refractivity contribution in [1.82, 2.24) is 7.94 Å². The standard InChI is InChI=1S/C22H23NO4S.C22H21NO4S/c2*1-14-3-7-18(8-4-14)28(26,27)23-12-11-21-20(16-5-6-17(25)13-16)10-9-19(15(2)24)22(21)23/h3-4,7-12,16-17,25H,5-6,13H2,1-2H3;3-4,7-12,16H,5-6,13H2,1-2H3/t16-,17+;16-/m11/s1. The summed E-state index contributed by atoms with van der Waals surface area (Å²) < 4.78 is 55.6. The zero-order chi connectivity index (χ0) is 40.1. The second-order valence-electron chi connectivity index (χ2n) is 15.0. The van der Waals surface area contributed by atoms with Crippen LogP contribution in [0.5, 0.6) is 0 Å². The molecule has 0 bridgehead atoms. The van der Waals surface area contributed by atoms with E-state index in [9.17, 15) is 36.3 Å². The molecule has 3 atom stereocenters. The van der Waals surface area contributed by atoms with Crippen LogP contribution < -0.4 is 0 Å². The summed E-state index contributed by atoms with van der Waals surface area (Å²) in [6, 6.07) is 24.0. The number of aryl methyl sites for hydroxylation is 2. The Morgan fingerprint density at radius 2 is 1.05 bits per heavy atom. The number of fused-ring (bicyclic) bond motifs is 2. The van der Waals surface area contributed by atoms with Crippen LogP contribution in [0.15, 0.2) is 107 Å².